The molecule has 1 aliphatic rings. The van der Waals surface area contributed by atoms with Crippen molar-refractivity contribution in [1.82, 2.24) is 4.98 Å². The molecule has 0 radical (unpaired) electrons. The molecule has 3 rings (SSSR count). The molecular weight excluding hydrogens is 262 g/mol. The van der Waals surface area contributed by atoms with Crippen molar-refractivity contribution < 1.29 is 9.84 Å². The summed E-state index contributed by atoms with van der Waals surface area (Å²) in [6.45, 7) is 2.37. The normalized spacial score (nSPS) is 27.4. The van der Waals surface area contributed by atoms with Gasteiger partial charge in [0.1, 0.15) is 0 Å². The average molecular weight is 283 g/mol. The molecule has 21 heavy (non-hydrogen) atoms. The summed E-state index contributed by atoms with van der Waals surface area (Å²) in [5.74, 6) is 1.45. The van der Waals surface area contributed by atoms with Gasteiger partial charge >= 0.3 is 0 Å². The third-order valence-corrected chi connectivity index (χ3v) is 4.82. The molecule has 0 saturated heterocycles. The van der Waals surface area contributed by atoms with Crippen LogP contribution in [0.25, 0.3) is 0 Å². The smallest absolute Gasteiger partial charge is 0.212 e. The molecule has 110 valence electrons. The molecule has 1 saturated carbocycles. The van der Waals surface area contributed by atoms with Crippen LogP contribution in [0.2, 0.25) is 0 Å². The van der Waals surface area contributed by atoms with E-state index in [4.69, 9.17) is 4.74 Å². The maximum atomic E-state index is 9.80. The van der Waals surface area contributed by atoms with Gasteiger partial charge in [0.2, 0.25) is 5.88 Å². The lowest BCUT2D eigenvalue weighted by Crippen LogP contribution is -2.06. The number of hydrogen-bond acceptors (Lipinski definition) is 3. The predicted molar refractivity (Wildman–Crippen MR) is 82.4 cm³/mol. The van der Waals surface area contributed by atoms with E-state index in [1.54, 1.807) is 7.11 Å². The molecule has 0 aliphatic heterocycles. The highest BCUT2D eigenvalue weighted by atomic mass is 16.5. The lowest BCUT2D eigenvalue weighted by Gasteiger charge is -2.07. The standard InChI is InChI=1S/C18H21NO2/c1-18(12-20)15(10-13-6-4-3-5-7-13)17(18)14-8-9-16(21-2)19-11-14/h3-9,11,15,17,20H,10,12H2,1-2H3/t15-,17-,18+/m1/s1. The fourth-order valence-corrected chi connectivity index (χ4v) is 3.40. The lowest BCUT2D eigenvalue weighted by atomic mass is 10.0. The number of benzene rings is 1. The number of nitrogens with zero attached hydrogens (tertiary/aromatic N) is 1. The van der Waals surface area contributed by atoms with Crippen LogP contribution in [0, 0.1) is 11.3 Å². The summed E-state index contributed by atoms with van der Waals surface area (Å²) >= 11 is 0. The molecular formula is C18H21NO2. The summed E-state index contributed by atoms with van der Waals surface area (Å²) in [6, 6.07) is 14.4. The van der Waals surface area contributed by atoms with Crippen molar-refractivity contribution in [2.75, 3.05) is 13.7 Å². The van der Waals surface area contributed by atoms with Gasteiger partial charge in [0.15, 0.2) is 0 Å². The first-order chi connectivity index (χ1) is 10.2. The molecule has 1 aromatic heterocycles. The first kappa shape index (κ1) is 14.1. The topological polar surface area (TPSA) is 42.4 Å². The molecule has 0 unspecified atom stereocenters. The zero-order valence-electron chi connectivity index (χ0n) is 12.5. The Morgan fingerprint density at radius 1 is 1.19 bits per heavy atom. The Labute approximate surface area is 125 Å². The molecule has 1 heterocycles. The van der Waals surface area contributed by atoms with Crippen molar-refractivity contribution in [3.63, 3.8) is 0 Å². The highest BCUT2D eigenvalue weighted by molar-refractivity contribution is 5.34. The number of methoxy groups -OCH3 is 1. The third kappa shape index (κ3) is 2.54. The van der Waals surface area contributed by atoms with Gasteiger partial charge in [-0.3, -0.25) is 0 Å². The summed E-state index contributed by atoms with van der Waals surface area (Å²) in [5.41, 5.74) is 2.46. The molecule has 2 aromatic rings. The van der Waals surface area contributed by atoms with E-state index in [0.717, 1.165) is 6.42 Å². The number of hydrogen-bond donors (Lipinski definition) is 1. The van der Waals surface area contributed by atoms with E-state index in [0.29, 0.717) is 17.7 Å². The number of ether oxygens (including phenoxy) is 1. The quantitative estimate of drug-likeness (QED) is 0.917. The van der Waals surface area contributed by atoms with E-state index in [2.05, 4.69) is 42.2 Å². The van der Waals surface area contributed by atoms with Crippen LogP contribution in [0.5, 0.6) is 5.88 Å². The highest BCUT2D eigenvalue weighted by Gasteiger charge is 2.60. The van der Waals surface area contributed by atoms with E-state index in [1.807, 2.05) is 18.3 Å². The van der Waals surface area contributed by atoms with Gasteiger partial charge in [0.25, 0.3) is 0 Å². The first-order valence-electron chi connectivity index (χ1n) is 7.34. The van der Waals surface area contributed by atoms with Crippen molar-refractivity contribution in [1.29, 1.82) is 0 Å². The minimum Gasteiger partial charge on any atom is -0.481 e. The maximum Gasteiger partial charge on any atom is 0.212 e. The Hall–Kier alpha value is -1.87. The molecule has 0 amide bonds. The number of aliphatic hydroxyl groups is 1. The largest absolute Gasteiger partial charge is 0.481 e. The van der Waals surface area contributed by atoms with Crippen LogP contribution in [0.15, 0.2) is 48.7 Å². The van der Waals surface area contributed by atoms with E-state index in [1.165, 1.54) is 11.1 Å². The highest BCUT2D eigenvalue weighted by Crippen LogP contribution is 2.65. The summed E-state index contributed by atoms with van der Waals surface area (Å²) in [5, 5.41) is 9.80. The fourth-order valence-electron chi connectivity index (χ4n) is 3.40. The number of pyridine rings is 1. The fraction of sp³-hybridized carbons (Fsp3) is 0.389. The number of aromatic nitrogens is 1. The second-order valence-corrected chi connectivity index (χ2v) is 6.07. The molecule has 0 bridgehead atoms. The first-order valence-corrected chi connectivity index (χ1v) is 7.34. The van der Waals surface area contributed by atoms with Crippen molar-refractivity contribution in [2.45, 2.75) is 19.3 Å². The lowest BCUT2D eigenvalue weighted by molar-refractivity contribution is 0.208. The second-order valence-electron chi connectivity index (χ2n) is 6.07. The van der Waals surface area contributed by atoms with Crippen LogP contribution in [0.3, 0.4) is 0 Å². The van der Waals surface area contributed by atoms with Gasteiger partial charge in [-0.2, -0.15) is 0 Å². The molecule has 1 fully saturated rings. The molecule has 0 spiro atoms. The summed E-state index contributed by atoms with van der Waals surface area (Å²) in [6.07, 6.45) is 2.87. The monoisotopic (exact) mass is 283 g/mol. The minimum absolute atomic E-state index is 0.0495. The van der Waals surface area contributed by atoms with Gasteiger partial charge in [-0.1, -0.05) is 43.3 Å². The van der Waals surface area contributed by atoms with Gasteiger partial charge in [-0.25, -0.2) is 4.98 Å². The van der Waals surface area contributed by atoms with Gasteiger partial charge in [-0.05, 0) is 29.4 Å². The van der Waals surface area contributed by atoms with Crippen LogP contribution in [0.4, 0.5) is 0 Å². The van der Waals surface area contributed by atoms with Gasteiger partial charge in [0, 0.05) is 24.3 Å². The Balaban J connectivity index is 1.80. The van der Waals surface area contributed by atoms with Crippen molar-refractivity contribution in [3.05, 3.63) is 59.8 Å². The third-order valence-electron chi connectivity index (χ3n) is 4.82. The minimum atomic E-state index is -0.0495. The van der Waals surface area contributed by atoms with E-state index in [-0.39, 0.29) is 12.0 Å². The summed E-state index contributed by atoms with van der Waals surface area (Å²) in [7, 11) is 1.62. The zero-order chi connectivity index (χ0) is 14.9. The molecule has 3 nitrogen and oxygen atoms in total. The van der Waals surface area contributed by atoms with Gasteiger partial charge < -0.3 is 9.84 Å². The Bertz CT molecular complexity index is 596. The van der Waals surface area contributed by atoms with Crippen LogP contribution < -0.4 is 4.74 Å². The van der Waals surface area contributed by atoms with E-state index < -0.39 is 0 Å². The van der Waals surface area contributed by atoms with Crippen LogP contribution in [-0.2, 0) is 6.42 Å². The van der Waals surface area contributed by atoms with E-state index >= 15 is 0 Å². The summed E-state index contributed by atoms with van der Waals surface area (Å²) in [4.78, 5) is 4.30. The van der Waals surface area contributed by atoms with Crippen LogP contribution in [-0.4, -0.2) is 23.8 Å². The summed E-state index contributed by atoms with van der Waals surface area (Å²) < 4.78 is 5.11. The van der Waals surface area contributed by atoms with Crippen molar-refractivity contribution in [2.24, 2.45) is 11.3 Å². The van der Waals surface area contributed by atoms with Crippen LogP contribution >= 0.6 is 0 Å². The Morgan fingerprint density at radius 2 is 1.95 bits per heavy atom. The van der Waals surface area contributed by atoms with Crippen molar-refractivity contribution in [3.8, 4) is 5.88 Å². The molecule has 3 heteroatoms. The maximum absolute atomic E-state index is 9.80. The van der Waals surface area contributed by atoms with Gasteiger partial charge in [0.05, 0.1) is 7.11 Å². The molecule has 3 atom stereocenters. The number of aliphatic hydroxyl groups excluding tert-OH is 1. The van der Waals surface area contributed by atoms with E-state index in [9.17, 15) is 5.11 Å². The number of rotatable bonds is 5. The average Bonchev–Trinajstić information content (AvgIpc) is 3.13. The zero-order valence-corrected chi connectivity index (χ0v) is 12.5. The SMILES string of the molecule is COc1ccc([C@@H]2[C@@H](Cc3ccccc3)[C@]2(C)CO)cn1. The molecule has 1 aromatic carbocycles. The van der Waals surface area contributed by atoms with Crippen molar-refractivity contribution >= 4 is 0 Å². The predicted octanol–water partition coefficient (Wildman–Crippen LogP) is 3.04. The van der Waals surface area contributed by atoms with Gasteiger partial charge in [-0.15, -0.1) is 0 Å². The molecule has 1 N–H and O–H groups in total. The Morgan fingerprint density at radius 3 is 2.52 bits per heavy atom. The Kier molecular flexibility index (Phi) is 3.68. The molecule has 1 aliphatic carbocycles. The van der Waals surface area contributed by atoms with Crippen LogP contribution in [0.1, 0.15) is 24.0 Å². The second kappa shape index (κ2) is 5.49.